The molecule has 1 aromatic heterocycles. The largest absolute Gasteiger partial charge is 1.00 e. The molecule has 4 aromatic rings. The van der Waals surface area contributed by atoms with E-state index in [4.69, 9.17) is 16.3 Å². The summed E-state index contributed by atoms with van der Waals surface area (Å²) in [5.41, 5.74) is 1.84. The highest BCUT2D eigenvalue weighted by atomic mass is 79.9. The van der Waals surface area contributed by atoms with Gasteiger partial charge in [-0.2, -0.15) is 0 Å². The van der Waals surface area contributed by atoms with Crippen molar-refractivity contribution < 1.29 is 44.2 Å². The van der Waals surface area contributed by atoms with E-state index < -0.39 is 28.8 Å². The molecule has 0 radical (unpaired) electrons. The number of methoxy groups -OCH3 is 1. The summed E-state index contributed by atoms with van der Waals surface area (Å²) in [5.74, 6) is -1.63. The third kappa shape index (κ3) is 8.18. The van der Waals surface area contributed by atoms with Gasteiger partial charge in [0, 0.05) is 33.0 Å². The molecule has 0 bridgehead atoms. The molecule has 0 aliphatic heterocycles. The minimum absolute atomic E-state index is 0. The number of carbonyl (C=O) groups excluding carboxylic acids is 1. The molecule has 1 amide bonds. The van der Waals surface area contributed by atoms with Crippen molar-refractivity contribution in [3.05, 3.63) is 106 Å². The summed E-state index contributed by atoms with van der Waals surface area (Å²) in [6, 6.07) is 13.3. The number of amides is 1. The summed E-state index contributed by atoms with van der Waals surface area (Å²) in [4.78, 5) is 17.2. The molecule has 0 spiro atoms. The van der Waals surface area contributed by atoms with E-state index in [0.29, 0.717) is 28.4 Å². The molecule has 0 aliphatic rings. The molecule has 44 heavy (non-hydrogen) atoms. The van der Waals surface area contributed by atoms with Crippen molar-refractivity contribution in [1.82, 2.24) is 14.9 Å². The Morgan fingerprint density at radius 2 is 1.73 bits per heavy atom. The Hall–Kier alpha value is -2.99. The fraction of sp³-hybridized carbons (Fsp3) is 0.312. The van der Waals surface area contributed by atoms with Gasteiger partial charge in [0.2, 0.25) is 0 Å². The quantitative estimate of drug-likeness (QED) is 0.189. The van der Waals surface area contributed by atoms with Crippen LogP contribution in [0.3, 0.4) is 0 Å². The fourth-order valence-corrected chi connectivity index (χ4v) is 5.91. The van der Waals surface area contributed by atoms with Crippen molar-refractivity contribution in [2.75, 3.05) is 41.3 Å². The zero-order valence-corrected chi connectivity index (χ0v) is 28.5. The SMILES string of the molecule is COc1cc(C(C)(C)c2cnc(SCc3c(F)cc(C(=O)NCC[N+](C)(C)C)cc3Cl)n2-c2ccc(F)cc2)ccc1F.[Br-]. The molecular weight excluding hydrogens is 677 g/mol. The lowest BCUT2D eigenvalue weighted by molar-refractivity contribution is -0.869. The Morgan fingerprint density at radius 1 is 1.05 bits per heavy atom. The Labute approximate surface area is 275 Å². The number of thioether (sulfide) groups is 1. The monoisotopic (exact) mass is 710 g/mol. The minimum Gasteiger partial charge on any atom is -1.00 e. The Morgan fingerprint density at radius 3 is 2.34 bits per heavy atom. The normalized spacial score (nSPS) is 11.7. The van der Waals surface area contributed by atoms with Crippen molar-refractivity contribution in [2.24, 2.45) is 0 Å². The number of rotatable bonds is 11. The third-order valence-electron chi connectivity index (χ3n) is 7.14. The van der Waals surface area contributed by atoms with Crippen molar-refractivity contribution in [3.63, 3.8) is 0 Å². The van der Waals surface area contributed by atoms with Gasteiger partial charge in [0.25, 0.3) is 5.91 Å². The molecule has 0 fully saturated rings. The second-order valence-corrected chi connectivity index (χ2v) is 13.0. The van der Waals surface area contributed by atoms with E-state index in [0.717, 1.165) is 11.3 Å². The number of aromatic nitrogens is 2. The number of imidazole rings is 1. The second kappa shape index (κ2) is 14.4. The number of ether oxygens (including phenoxy) is 1. The van der Waals surface area contributed by atoms with Crippen LogP contribution in [0.4, 0.5) is 13.2 Å². The molecule has 0 saturated heterocycles. The highest BCUT2D eigenvalue weighted by Gasteiger charge is 2.30. The summed E-state index contributed by atoms with van der Waals surface area (Å²) in [6.45, 7) is 5.08. The van der Waals surface area contributed by atoms with E-state index in [2.05, 4.69) is 10.3 Å². The second-order valence-electron chi connectivity index (χ2n) is 11.7. The highest BCUT2D eigenvalue weighted by molar-refractivity contribution is 7.98. The lowest BCUT2D eigenvalue weighted by atomic mass is 9.81. The third-order valence-corrected chi connectivity index (χ3v) is 8.46. The number of hydrogen-bond donors (Lipinski definition) is 1. The molecule has 1 N–H and O–H groups in total. The molecule has 4 rings (SSSR count). The van der Waals surface area contributed by atoms with E-state index in [1.165, 1.54) is 49.2 Å². The fourth-order valence-electron chi connectivity index (χ4n) is 4.53. The van der Waals surface area contributed by atoms with Crippen LogP contribution in [0.25, 0.3) is 5.69 Å². The number of nitrogens with zero attached hydrogens (tertiary/aromatic N) is 3. The highest BCUT2D eigenvalue weighted by Crippen LogP contribution is 2.39. The summed E-state index contributed by atoms with van der Waals surface area (Å²) in [5, 5.41) is 3.45. The predicted molar refractivity (Wildman–Crippen MR) is 165 cm³/mol. The molecule has 0 saturated carbocycles. The predicted octanol–water partition coefficient (Wildman–Crippen LogP) is 4.01. The maximum Gasteiger partial charge on any atom is 0.251 e. The molecule has 236 valence electrons. The topological polar surface area (TPSA) is 56.1 Å². The van der Waals surface area contributed by atoms with Crippen LogP contribution in [0.2, 0.25) is 5.02 Å². The molecule has 6 nitrogen and oxygen atoms in total. The minimum atomic E-state index is -0.690. The van der Waals surface area contributed by atoms with E-state index in [1.54, 1.807) is 30.5 Å². The van der Waals surface area contributed by atoms with Gasteiger partial charge in [0.1, 0.15) is 11.6 Å². The summed E-state index contributed by atoms with van der Waals surface area (Å²) < 4.78 is 51.1. The van der Waals surface area contributed by atoms with E-state index in [9.17, 15) is 13.6 Å². The van der Waals surface area contributed by atoms with Gasteiger partial charge in [-0.3, -0.25) is 9.36 Å². The summed E-state index contributed by atoms with van der Waals surface area (Å²) in [7, 11) is 7.45. The summed E-state index contributed by atoms with van der Waals surface area (Å²) in [6.07, 6.45) is 1.70. The molecule has 0 unspecified atom stereocenters. The first-order valence-electron chi connectivity index (χ1n) is 13.6. The average molecular weight is 712 g/mol. The van der Waals surface area contributed by atoms with Gasteiger partial charge in [-0.25, -0.2) is 18.2 Å². The van der Waals surface area contributed by atoms with E-state index in [-0.39, 0.29) is 44.6 Å². The first kappa shape index (κ1) is 35.5. The Balaban J connectivity index is 0.00000529. The number of quaternary nitrogens is 1. The van der Waals surface area contributed by atoms with Crippen LogP contribution < -0.4 is 27.0 Å². The number of benzene rings is 3. The van der Waals surface area contributed by atoms with E-state index in [1.807, 2.05) is 39.6 Å². The molecule has 3 aromatic carbocycles. The molecule has 0 atom stereocenters. The van der Waals surface area contributed by atoms with Gasteiger partial charge >= 0.3 is 0 Å². The van der Waals surface area contributed by atoms with Crippen molar-refractivity contribution in [2.45, 2.75) is 30.2 Å². The van der Waals surface area contributed by atoms with Gasteiger partial charge in [-0.15, -0.1) is 0 Å². The van der Waals surface area contributed by atoms with Crippen molar-refractivity contribution in [1.29, 1.82) is 0 Å². The maximum atomic E-state index is 15.3. The maximum absolute atomic E-state index is 15.3. The van der Waals surface area contributed by atoms with Gasteiger partial charge in [0.15, 0.2) is 16.7 Å². The number of nitrogens with one attached hydrogen (secondary N) is 1. The van der Waals surface area contributed by atoms with Crippen LogP contribution in [-0.4, -0.2) is 61.3 Å². The van der Waals surface area contributed by atoms with Gasteiger partial charge < -0.3 is 31.5 Å². The van der Waals surface area contributed by atoms with Crippen LogP contribution in [0, 0.1) is 17.5 Å². The molecular formula is C32H35BrClF3N4O2S. The zero-order valence-electron chi connectivity index (χ0n) is 25.4. The molecule has 0 aliphatic carbocycles. The van der Waals surface area contributed by atoms with Crippen LogP contribution in [0.1, 0.15) is 41.0 Å². The molecule has 12 heteroatoms. The average Bonchev–Trinajstić information content (AvgIpc) is 3.37. The van der Waals surface area contributed by atoms with Gasteiger partial charge in [-0.1, -0.05) is 43.3 Å². The number of likely N-dealkylation sites (N-methyl/N-ethyl adjacent to an activating group) is 1. The standard InChI is InChI=1S/C32H34ClF3N4O2S.BrH/c1-32(2,21-7-12-26(35)28(17-21)42-6)29-18-38-31(39(29)23-10-8-22(34)9-11-23)43-19-24-25(33)15-20(16-27(24)36)30(41)37-13-14-40(3,4)5;/h7-12,15-18H,13-14,19H2,1-6H3;1H. The number of hydrogen-bond acceptors (Lipinski definition) is 4. The van der Waals surface area contributed by atoms with Crippen molar-refractivity contribution >= 4 is 29.3 Å². The number of carbonyl (C=O) groups is 1. The molecule has 1 heterocycles. The van der Waals surface area contributed by atoms with Crippen LogP contribution in [0.5, 0.6) is 5.75 Å². The lowest BCUT2D eigenvalue weighted by Gasteiger charge is -2.28. The van der Waals surface area contributed by atoms with Crippen LogP contribution in [0.15, 0.2) is 66.0 Å². The first-order valence-corrected chi connectivity index (χ1v) is 14.9. The first-order chi connectivity index (χ1) is 20.2. The van der Waals surface area contributed by atoms with Crippen molar-refractivity contribution in [3.8, 4) is 11.4 Å². The smallest absolute Gasteiger partial charge is 0.251 e. The van der Waals surface area contributed by atoms with Gasteiger partial charge in [-0.05, 0) is 54.1 Å². The zero-order chi connectivity index (χ0) is 31.5. The van der Waals surface area contributed by atoms with E-state index >= 15 is 4.39 Å². The lowest BCUT2D eigenvalue weighted by Crippen LogP contribution is -3.00. The van der Waals surface area contributed by atoms with Crippen LogP contribution in [-0.2, 0) is 11.2 Å². The number of halogens is 5. The van der Waals surface area contributed by atoms with Gasteiger partial charge in [0.05, 0.1) is 53.2 Å². The summed E-state index contributed by atoms with van der Waals surface area (Å²) >= 11 is 7.72. The Bertz CT molecular complexity index is 1600. The van der Waals surface area contributed by atoms with Crippen LogP contribution >= 0.6 is 23.4 Å². The Kier molecular flexibility index (Phi) is 11.6.